The van der Waals surface area contributed by atoms with Crippen LogP contribution in [0.15, 0.2) is 84.2 Å². The molecule has 32 heavy (non-hydrogen) atoms. The summed E-state index contributed by atoms with van der Waals surface area (Å²) >= 11 is 0. The van der Waals surface area contributed by atoms with Crippen molar-refractivity contribution in [2.75, 3.05) is 16.8 Å². The van der Waals surface area contributed by atoms with Crippen LogP contribution in [0.1, 0.15) is 27.6 Å². The van der Waals surface area contributed by atoms with Crippen molar-refractivity contribution in [2.45, 2.75) is 6.92 Å². The first kappa shape index (κ1) is 18.4. The number of hydrogen-bond acceptors (Lipinski definition) is 6. The second-order valence-corrected chi connectivity index (χ2v) is 7.79. The van der Waals surface area contributed by atoms with E-state index in [2.05, 4.69) is 10.3 Å². The zero-order valence-corrected chi connectivity index (χ0v) is 17.3. The Hall–Kier alpha value is -4.32. The number of carbonyl (C=O) groups is 2. The van der Waals surface area contributed by atoms with Crippen molar-refractivity contribution in [3.63, 3.8) is 0 Å². The quantitative estimate of drug-likeness (QED) is 0.369. The molecule has 1 aliphatic heterocycles. The van der Waals surface area contributed by atoms with E-state index in [9.17, 15) is 9.59 Å². The molecule has 2 heterocycles. The molecule has 6 nitrogen and oxygen atoms in total. The third-order valence-electron chi connectivity index (χ3n) is 5.93. The van der Waals surface area contributed by atoms with Crippen molar-refractivity contribution in [1.29, 1.82) is 0 Å². The average molecular weight is 418 g/mol. The SMILES string of the molecule is CCN1/C(=C/C=C2C(=O)c3cc4ccccc4cc3C2=O)Nc2nc3ccccc3nc21. The molecule has 0 amide bonds. The minimum atomic E-state index is -0.242. The van der Waals surface area contributed by atoms with Gasteiger partial charge in [0.2, 0.25) is 0 Å². The van der Waals surface area contributed by atoms with Gasteiger partial charge in [-0.1, -0.05) is 36.4 Å². The summed E-state index contributed by atoms with van der Waals surface area (Å²) in [4.78, 5) is 37.4. The molecule has 0 unspecified atom stereocenters. The van der Waals surface area contributed by atoms with Crippen molar-refractivity contribution in [3.05, 3.63) is 95.3 Å². The summed E-state index contributed by atoms with van der Waals surface area (Å²) in [6, 6.07) is 19.0. The molecule has 0 bridgehead atoms. The number of carbonyl (C=O) groups excluding carboxylic acids is 2. The van der Waals surface area contributed by atoms with E-state index in [1.54, 1.807) is 24.3 Å². The fourth-order valence-corrected chi connectivity index (χ4v) is 4.34. The van der Waals surface area contributed by atoms with Crippen molar-refractivity contribution >= 4 is 45.0 Å². The number of nitrogens with zero attached hydrogens (tertiary/aromatic N) is 3. The Morgan fingerprint density at radius 3 is 2.06 bits per heavy atom. The second-order valence-electron chi connectivity index (χ2n) is 7.79. The fraction of sp³-hybridized carbons (Fsp3) is 0.0769. The standard InChI is InChI=1S/C26H18N4O2/c1-2-30-22(29-25-26(30)28-21-10-6-5-9-20(21)27-25)12-11-17-23(31)18-13-15-7-3-4-8-16(15)14-19(18)24(17)32/h3-14H,2H2,1H3,(H,27,29)/b22-12+. The first-order valence-electron chi connectivity index (χ1n) is 10.5. The zero-order chi connectivity index (χ0) is 21.8. The van der Waals surface area contributed by atoms with Crippen LogP contribution in [0.4, 0.5) is 11.6 Å². The fourth-order valence-electron chi connectivity index (χ4n) is 4.34. The van der Waals surface area contributed by atoms with Gasteiger partial charge in [0, 0.05) is 17.7 Å². The van der Waals surface area contributed by atoms with Gasteiger partial charge in [0.05, 0.1) is 16.6 Å². The Morgan fingerprint density at radius 1 is 0.844 bits per heavy atom. The largest absolute Gasteiger partial charge is 0.323 e. The van der Waals surface area contributed by atoms with Gasteiger partial charge in [-0.15, -0.1) is 0 Å². The summed E-state index contributed by atoms with van der Waals surface area (Å²) in [7, 11) is 0. The van der Waals surface area contributed by atoms with Crippen LogP contribution in [0.3, 0.4) is 0 Å². The van der Waals surface area contributed by atoms with Gasteiger partial charge in [0.15, 0.2) is 23.2 Å². The molecule has 0 saturated heterocycles. The van der Waals surface area contributed by atoms with E-state index in [1.807, 2.05) is 60.4 Å². The number of allylic oxidation sites excluding steroid dienone is 3. The van der Waals surface area contributed by atoms with Crippen molar-refractivity contribution in [2.24, 2.45) is 0 Å². The number of anilines is 2. The molecule has 0 fully saturated rings. The van der Waals surface area contributed by atoms with Crippen LogP contribution in [0.25, 0.3) is 21.8 Å². The number of rotatable bonds is 2. The summed E-state index contributed by atoms with van der Waals surface area (Å²) in [5.41, 5.74) is 2.71. The van der Waals surface area contributed by atoms with Gasteiger partial charge in [0.25, 0.3) is 0 Å². The average Bonchev–Trinajstić information content (AvgIpc) is 3.28. The molecule has 0 spiro atoms. The molecule has 1 aliphatic carbocycles. The summed E-state index contributed by atoms with van der Waals surface area (Å²) in [5.74, 6) is 1.64. The summed E-state index contributed by atoms with van der Waals surface area (Å²) < 4.78 is 0. The Kier molecular flexibility index (Phi) is 3.95. The van der Waals surface area contributed by atoms with E-state index in [0.29, 0.717) is 23.5 Å². The highest BCUT2D eigenvalue weighted by Gasteiger charge is 2.33. The van der Waals surface area contributed by atoms with Crippen LogP contribution in [0.2, 0.25) is 0 Å². The topological polar surface area (TPSA) is 75.2 Å². The molecule has 1 N–H and O–H groups in total. The molecular formula is C26H18N4O2. The van der Waals surface area contributed by atoms with Gasteiger partial charge < -0.3 is 10.2 Å². The van der Waals surface area contributed by atoms with E-state index in [0.717, 1.165) is 33.4 Å². The van der Waals surface area contributed by atoms with Crippen molar-refractivity contribution < 1.29 is 9.59 Å². The monoisotopic (exact) mass is 418 g/mol. The van der Waals surface area contributed by atoms with Crippen LogP contribution in [0, 0.1) is 0 Å². The van der Waals surface area contributed by atoms with E-state index >= 15 is 0 Å². The Labute approximate surface area is 183 Å². The number of nitrogens with one attached hydrogen (secondary N) is 1. The number of ketones is 2. The van der Waals surface area contributed by atoms with Gasteiger partial charge in [-0.05, 0) is 54.1 Å². The molecular weight excluding hydrogens is 400 g/mol. The summed E-state index contributed by atoms with van der Waals surface area (Å²) in [6.45, 7) is 2.68. The predicted octanol–water partition coefficient (Wildman–Crippen LogP) is 4.88. The highest BCUT2D eigenvalue weighted by atomic mass is 16.2. The lowest BCUT2D eigenvalue weighted by Crippen LogP contribution is -2.20. The van der Waals surface area contributed by atoms with E-state index in [1.165, 1.54) is 0 Å². The molecule has 6 heteroatoms. The van der Waals surface area contributed by atoms with Crippen molar-refractivity contribution in [1.82, 2.24) is 9.97 Å². The van der Waals surface area contributed by atoms with E-state index in [-0.39, 0.29) is 17.1 Å². The third kappa shape index (κ3) is 2.66. The molecule has 3 aromatic carbocycles. The lowest BCUT2D eigenvalue weighted by Gasteiger charge is -2.15. The smallest absolute Gasteiger partial charge is 0.197 e. The summed E-state index contributed by atoms with van der Waals surface area (Å²) in [5, 5.41) is 5.17. The van der Waals surface area contributed by atoms with E-state index < -0.39 is 0 Å². The number of fused-ring (bicyclic) bond motifs is 4. The van der Waals surface area contributed by atoms with Gasteiger partial charge in [0.1, 0.15) is 5.82 Å². The van der Waals surface area contributed by atoms with Gasteiger partial charge in [-0.25, -0.2) is 9.97 Å². The first-order chi connectivity index (χ1) is 15.6. The van der Waals surface area contributed by atoms with E-state index in [4.69, 9.17) is 4.98 Å². The van der Waals surface area contributed by atoms with Crippen LogP contribution in [0.5, 0.6) is 0 Å². The Bertz CT molecular complexity index is 1480. The maximum atomic E-state index is 13.0. The highest BCUT2D eigenvalue weighted by molar-refractivity contribution is 6.40. The number of para-hydroxylation sites is 2. The van der Waals surface area contributed by atoms with Gasteiger partial charge in [-0.3, -0.25) is 9.59 Å². The van der Waals surface area contributed by atoms with Crippen LogP contribution < -0.4 is 10.2 Å². The Morgan fingerprint density at radius 2 is 1.44 bits per heavy atom. The molecule has 4 aromatic rings. The zero-order valence-electron chi connectivity index (χ0n) is 17.3. The molecule has 0 radical (unpaired) electrons. The Balaban J connectivity index is 1.39. The van der Waals surface area contributed by atoms with Gasteiger partial charge in [-0.2, -0.15) is 0 Å². The highest BCUT2D eigenvalue weighted by Crippen LogP contribution is 2.35. The number of benzene rings is 3. The van der Waals surface area contributed by atoms with Crippen LogP contribution in [-0.2, 0) is 0 Å². The number of aromatic nitrogens is 2. The molecule has 0 atom stereocenters. The number of hydrogen-bond donors (Lipinski definition) is 1. The lowest BCUT2D eigenvalue weighted by atomic mass is 10.0. The van der Waals surface area contributed by atoms with Crippen molar-refractivity contribution in [3.8, 4) is 0 Å². The minimum absolute atomic E-state index is 0.169. The lowest BCUT2D eigenvalue weighted by molar-refractivity contribution is 0.0989. The van der Waals surface area contributed by atoms with Gasteiger partial charge >= 0.3 is 0 Å². The first-order valence-corrected chi connectivity index (χ1v) is 10.5. The summed E-state index contributed by atoms with van der Waals surface area (Å²) in [6.07, 6.45) is 3.36. The number of Topliss-reactive ketones (excluding diaryl/α,β-unsaturated/α-hetero) is 2. The molecule has 6 rings (SSSR count). The second kappa shape index (κ2) is 6.85. The predicted molar refractivity (Wildman–Crippen MR) is 125 cm³/mol. The molecule has 0 saturated carbocycles. The maximum absolute atomic E-state index is 13.0. The molecule has 2 aliphatic rings. The minimum Gasteiger partial charge on any atom is -0.323 e. The normalized spacial score (nSPS) is 16.1. The third-order valence-corrected chi connectivity index (χ3v) is 5.93. The maximum Gasteiger partial charge on any atom is 0.197 e. The van der Waals surface area contributed by atoms with Crippen LogP contribution >= 0.6 is 0 Å². The molecule has 1 aromatic heterocycles. The van der Waals surface area contributed by atoms with Crippen LogP contribution in [-0.4, -0.2) is 28.1 Å². The molecule has 154 valence electrons.